The Balaban J connectivity index is 1.96. The molecule has 7 nitrogen and oxygen atoms in total. The number of ether oxygens (including phenoxy) is 1. The van der Waals surface area contributed by atoms with E-state index in [1.807, 2.05) is 0 Å². The van der Waals surface area contributed by atoms with Crippen molar-refractivity contribution in [3.63, 3.8) is 0 Å². The molecule has 138 valence electrons. The van der Waals surface area contributed by atoms with Crippen molar-refractivity contribution < 1.29 is 22.7 Å². The topological polar surface area (TPSA) is 92.8 Å². The molecule has 8 heteroatoms. The van der Waals surface area contributed by atoms with Crippen LogP contribution in [0.2, 0.25) is 0 Å². The van der Waals surface area contributed by atoms with E-state index < -0.39 is 22.0 Å². The summed E-state index contributed by atoms with van der Waals surface area (Å²) >= 11 is 0. The first-order valence-electron chi connectivity index (χ1n) is 8.33. The number of methoxy groups -OCH3 is 1. The molecule has 0 aromatic heterocycles. The van der Waals surface area contributed by atoms with Crippen LogP contribution in [0.5, 0.6) is 0 Å². The number of sulfonamides is 1. The van der Waals surface area contributed by atoms with Crippen molar-refractivity contribution in [1.29, 1.82) is 0 Å². The quantitative estimate of drug-likeness (QED) is 0.732. The minimum Gasteiger partial charge on any atom is -0.465 e. The van der Waals surface area contributed by atoms with Gasteiger partial charge >= 0.3 is 5.97 Å². The number of carbonyl (C=O) groups excluding carboxylic acids is 2. The molecule has 1 N–H and O–H groups in total. The number of rotatable bonds is 7. The first-order chi connectivity index (χ1) is 11.9. The summed E-state index contributed by atoms with van der Waals surface area (Å²) in [4.78, 5) is 23.8. The van der Waals surface area contributed by atoms with E-state index in [0.717, 1.165) is 5.56 Å². The van der Waals surface area contributed by atoms with Gasteiger partial charge in [0.25, 0.3) is 0 Å². The molecule has 0 radical (unpaired) electrons. The van der Waals surface area contributed by atoms with E-state index in [0.29, 0.717) is 31.4 Å². The maximum absolute atomic E-state index is 12.4. The third-order valence-corrected chi connectivity index (χ3v) is 6.24. The van der Waals surface area contributed by atoms with Gasteiger partial charge in [0, 0.05) is 13.1 Å². The lowest BCUT2D eigenvalue weighted by molar-refractivity contribution is -0.124. The van der Waals surface area contributed by atoms with Crippen LogP contribution in [0, 0.1) is 0 Å². The van der Waals surface area contributed by atoms with Crippen LogP contribution < -0.4 is 5.32 Å². The zero-order valence-corrected chi connectivity index (χ0v) is 15.3. The molecule has 1 heterocycles. The van der Waals surface area contributed by atoms with E-state index in [1.54, 1.807) is 31.2 Å². The molecule has 0 spiro atoms. The number of benzene rings is 1. The fraction of sp³-hybridized carbons (Fsp3) is 0.529. The van der Waals surface area contributed by atoms with E-state index in [1.165, 1.54) is 11.4 Å². The van der Waals surface area contributed by atoms with E-state index in [2.05, 4.69) is 10.1 Å². The summed E-state index contributed by atoms with van der Waals surface area (Å²) in [7, 11) is -2.07. The van der Waals surface area contributed by atoms with Crippen molar-refractivity contribution in [1.82, 2.24) is 9.62 Å². The molecule has 1 aliphatic heterocycles. The smallest absolute Gasteiger partial charge is 0.337 e. The zero-order chi connectivity index (χ0) is 18.4. The maximum atomic E-state index is 12.4. The van der Waals surface area contributed by atoms with Gasteiger partial charge in [-0.3, -0.25) is 4.79 Å². The highest BCUT2D eigenvalue weighted by Gasteiger charge is 2.37. The Morgan fingerprint density at radius 3 is 2.56 bits per heavy atom. The predicted molar refractivity (Wildman–Crippen MR) is 93.4 cm³/mol. The summed E-state index contributed by atoms with van der Waals surface area (Å²) in [5, 5.41) is 2.79. The maximum Gasteiger partial charge on any atom is 0.337 e. The molecule has 1 aromatic rings. The molecular formula is C17H24N2O5S. The number of amides is 1. The highest BCUT2D eigenvalue weighted by Crippen LogP contribution is 2.22. The van der Waals surface area contributed by atoms with E-state index in [4.69, 9.17) is 0 Å². The Morgan fingerprint density at radius 2 is 1.96 bits per heavy atom. The van der Waals surface area contributed by atoms with Crippen LogP contribution in [0.3, 0.4) is 0 Å². The summed E-state index contributed by atoms with van der Waals surface area (Å²) in [5.41, 5.74) is 1.26. The van der Waals surface area contributed by atoms with Crippen LogP contribution in [0.25, 0.3) is 0 Å². The Bertz CT molecular complexity index is 715. The van der Waals surface area contributed by atoms with Crippen molar-refractivity contribution in [3.8, 4) is 0 Å². The standard InChI is InChI=1S/C17H24N2O5S/c1-3-11-25(22,23)19-10-4-5-15(19)16(20)18-12-13-6-8-14(9-7-13)17(21)24-2/h6-9,15H,3-5,10-12H2,1-2H3,(H,18,20). The SMILES string of the molecule is CCCS(=O)(=O)N1CCCC1C(=O)NCc1ccc(C(=O)OC)cc1. The average molecular weight is 368 g/mol. The first-order valence-corrected chi connectivity index (χ1v) is 9.94. The van der Waals surface area contributed by atoms with Gasteiger partial charge in [0.2, 0.25) is 15.9 Å². The number of hydrogen-bond acceptors (Lipinski definition) is 5. The normalized spacial score (nSPS) is 18.1. The van der Waals surface area contributed by atoms with Gasteiger partial charge in [0.05, 0.1) is 18.4 Å². The van der Waals surface area contributed by atoms with Crippen LogP contribution in [0.15, 0.2) is 24.3 Å². The molecule has 0 bridgehead atoms. The molecule has 2 rings (SSSR count). The fourth-order valence-corrected chi connectivity index (χ4v) is 4.64. The zero-order valence-electron chi connectivity index (χ0n) is 14.5. The van der Waals surface area contributed by atoms with Crippen molar-refractivity contribution in [2.75, 3.05) is 19.4 Å². The van der Waals surface area contributed by atoms with Crippen molar-refractivity contribution in [2.45, 2.75) is 38.8 Å². The van der Waals surface area contributed by atoms with Gasteiger partial charge in [-0.05, 0) is 37.0 Å². The summed E-state index contributed by atoms with van der Waals surface area (Å²) in [6, 6.07) is 6.08. The minimum absolute atomic E-state index is 0.0613. The van der Waals surface area contributed by atoms with Crippen LogP contribution in [0.1, 0.15) is 42.1 Å². The van der Waals surface area contributed by atoms with Gasteiger partial charge in [-0.25, -0.2) is 13.2 Å². The number of hydrogen-bond donors (Lipinski definition) is 1. The monoisotopic (exact) mass is 368 g/mol. The third kappa shape index (κ3) is 4.79. The molecular weight excluding hydrogens is 344 g/mol. The Labute approximate surface area is 148 Å². The summed E-state index contributed by atoms with van der Waals surface area (Å²) in [6.45, 7) is 2.48. The summed E-state index contributed by atoms with van der Waals surface area (Å²) in [6.07, 6.45) is 1.75. The van der Waals surface area contributed by atoms with Gasteiger partial charge in [-0.15, -0.1) is 0 Å². The molecule has 1 atom stereocenters. The lowest BCUT2D eigenvalue weighted by atomic mass is 10.1. The molecule has 1 aromatic carbocycles. The fourth-order valence-electron chi connectivity index (χ4n) is 2.89. The summed E-state index contributed by atoms with van der Waals surface area (Å²) in [5.74, 6) is -0.640. The van der Waals surface area contributed by atoms with Gasteiger partial charge in [-0.1, -0.05) is 19.1 Å². The lowest BCUT2D eigenvalue weighted by Gasteiger charge is -2.23. The molecule has 0 aliphatic carbocycles. The van der Waals surface area contributed by atoms with E-state index in [-0.39, 0.29) is 18.2 Å². The Hall–Kier alpha value is -1.93. The lowest BCUT2D eigenvalue weighted by Crippen LogP contribution is -2.46. The first kappa shape index (κ1) is 19.4. The molecule has 1 saturated heterocycles. The predicted octanol–water partition coefficient (Wildman–Crippen LogP) is 1.29. The van der Waals surface area contributed by atoms with Gasteiger partial charge in [-0.2, -0.15) is 4.31 Å². The number of carbonyl (C=O) groups is 2. The number of esters is 1. The molecule has 1 aliphatic rings. The minimum atomic E-state index is -3.38. The second kappa shape index (κ2) is 8.44. The van der Waals surface area contributed by atoms with Gasteiger partial charge in [0.15, 0.2) is 0 Å². The number of nitrogens with zero attached hydrogens (tertiary/aromatic N) is 1. The second-order valence-electron chi connectivity index (χ2n) is 5.99. The Kier molecular flexibility index (Phi) is 6.55. The van der Waals surface area contributed by atoms with E-state index >= 15 is 0 Å². The second-order valence-corrected chi connectivity index (χ2v) is 8.03. The highest BCUT2D eigenvalue weighted by atomic mass is 32.2. The van der Waals surface area contributed by atoms with Crippen molar-refractivity contribution in [3.05, 3.63) is 35.4 Å². The molecule has 1 unspecified atom stereocenters. The molecule has 1 amide bonds. The largest absolute Gasteiger partial charge is 0.465 e. The number of nitrogens with one attached hydrogen (secondary N) is 1. The molecule has 25 heavy (non-hydrogen) atoms. The average Bonchev–Trinajstić information content (AvgIpc) is 3.10. The van der Waals surface area contributed by atoms with Crippen LogP contribution >= 0.6 is 0 Å². The van der Waals surface area contributed by atoms with Crippen molar-refractivity contribution in [2.24, 2.45) is 0 Å². The summed E-state index contributed by atoms with van der Waals surface area (Å²) < 4.78 is 30.5. The molecule has 0 saturated carbocycles. The van der Waals surface area contributed by atoms with Crippen molar-refractivity contribution >= 4 is 21.9 Å². The van der Waals surface area contributed by atoms with Gasteiger partial charge < -0.3 is 10.1 Å². The highest BCUT2D eigenvalue weighted by molar-refractivity contribution is 7.89. The third-order valence-electron chi connectivity index (χ3n) is 4.17. The Morgan fingerprint density at radius 1 is 1.28 bits per heavy atom. The van der Waals surface area contributed by atoms with Gasteiger partial charge in [0.1, 0.15) is 6.04 Å². The van der Waals surface area contributed by atoms with Crippen LogP contribution in [0.4, 0.5) is 0 Å². The molecule has 1 fully saturated rings. The van der Waals surface area contributed by atoms with Crippen LogP contribution in [-0.4, -0.2) is 50.0 Å². The van der Waals surface area contributed by atoms with Crippen LogP contribution in [-0.2, 0) is 26.1 Å². The van der Waals surface area contributed by atoms with E-state index in [9.17, 15) is 18.0 Å².